The normalized spacial score (nSPS) is 11.8. The highest BCUT2D eigenvalue weighted by Gasteiger charge is 2.19. The van der Waals surface area contributed by atoms with Crippen LogP contribution in [0.25, 0.3) is 0 Å². The van der Waals surface area contributed by atoms with Gasteiger partial charge < -0.3 is 14.2 Å². The molecule has 0 amide bonds. The van der Waals surface area contributed by atoms with Crippen LogP contribution in [0.15, 0.2) is 0 Å². The molecule has 1 unspecified atom stereocenters. The summed E-state index contributed by atoms with van der Waals surface area (Å²) in [6.07, 6.45) is 45.2. The maximum atomic E-state index is 12.7. The lowest BCUT2D eigenvalue weighted by Gasteiger charge is -2.18. The molecule has 0 bridgehead atoms. The molecule has 320 valence electrons. The van der Waals surface area contributed by atoms with Gasteiger partial charge in [0.2, 0.25) is 0 Å². The minimum atomic E-state index is -0.757. The van der Waals surface area contributed by atoms with Crippen molar-refractivity contribution >= 4 is 17.9 Å². The van der Waals surface area contributed by atoms with Gasteiger partial charge in [0, 0.05) is 19.3 Å². The fourth-order valence-corrected chi connectivity index (χ4v) is 7.21. The lowest BCUT2D eigenvalue weighted by Crippen LogP contribution is -2.30. The maximum absolute atomic E-state index is 12.7. The molecule has 0 radical (unpaired) electrons. The summed E-state index contributed by atoms with van der Waals surface area (Å²) in [6, 6.07) is 0. The van der Waals surface area contributed by atoms with Gasteiger partial charge in [-0.15, -0.1) is 0 Å². The van der Waals surface area contributed by atoms with Gasteiger partial charge in [0.25, 0.3) is 0 Å². The van der Waals surface area contributed by atoms with E-state index >= 15 is 0 Å². The van der Waals surface area contributed by atoms with E-state index in [1.807, 2.05) is 0 Å². The summed E-state index contributed by atoms with van der Waals surface area (Å²) in [6.45, 7) is 6.63. The molecule has 6 nitrogen and oxygen atoms in total. The summed E-state index contributed by atoms with van der Waals surface area (Å²) in [7, 11) is 0. The van der Waals surface area contributed by atoms with E-state index in [0.717, 1.165) is 57.8 Å². The topological polar surface area (TPSA) is 78.9 Å². The Morgan fingerprint density at radius 3 is 0.741 bits per heavy atom. The van der Waals surface area contributed by atoms with Crippen LogP contribution in [-0.4, -0.2) is 37.2 Å². The molecule has 0 aliphatic rings. The molecule has 0 saturated heterocycles. The van der Waals surface area contributed by atoms with E-state index in [9.17, 15) is 14.4 Å². The van der Waals surface area contributed by atoms with E-state index in [0.29, 0.717) is 19.3 Å². The van der Waals surface area contributed by atoms with Crippen LogP contribution in [0.1, 0.15) is 271 Å². The van der Waals surface area contributed by atoms with Gasteiger partial charge in [0.1, 0.15) is 13.2 Å². The predicted octanol–water partition coefficient (Wildman–Crippen LogP) is 15.3. The molecule has 0 aromatic carbocycles. The van der Waals surface area contributed by atoms with E-state index in [1.165, 1.54) is 173 Å². The van der Waals surface area contributed by atoms with E-state index in [2.05, 4.69) is 20.8 Å². The van der Waals surface area contributed by atoms with Crippen LogP contribution in [0.3, 0.4) is 0 Å². The third-order valence-corrected chi connectivity index (χ3v) is 10.9. The number of ether oxygens (including phenoxy) is 3. The Morgan fingerprint density at radius 2 is 0.500 bits per heavy atom. The standard InChI is InChI=1S/C48H92O6/c1-4-7-10-13-16-18-20-22-24-26-27-29-32-35-38-41-47(50)53-44-45(43-52-46(49)40-37-34-31-15-12-9-6-3)54-48(51)42-39-36-33-30-28-25-23-21-19-17-14-11-8-5-2/h45H,4-44H2,1-3H3. The minimum absolute atomic E-state index is 0.0627. The molecule has 0 spiro atoms. The monoisotopic (exact) mass is 765 g/mol. The average Bonchev–Trinajstić information content (AvgIpc) is 3.17. The third kappa shape index (κ3) is 41.6. The summed E-state index contributed by atoms with van der Waals surface area (Å²) in [5.74, 6) is -0.853. The van der Waals surface area contributed by atoms with Gasteiger partial charge in [-0.2, -0.15) is 0 Å². The number of esters is 3. The Hall–Kier alpha value is -1.59. The molecule has 0 rings (SSSR count). The first-order valence-corrected chi connectivity index (χ1v) is 24.0. The second-order valence-corrected chi connectivity index (χ2v) is 16.4. The Morgan fingerprint density at radius 1 is 0.296 bits per heavy atom. The first kappa shape index (κ1) is 52.4. The summed E-state index contributed by atoms with van der Waals surface area (Å²) < 4.78 is 16.7. The zero-order valence-electron chi connectivity index (χ0n) is 36.5. The van der Waals surface area contributed by atoms with Gasteiger partial charge in [-0.1, -0.05) is 233 Å². The molecule has 0 aromatic rings. The molecule has 0 heterocycles. The van der Waals surface area contributed by atoms with Crippen LogP contribution < -0.4 is 0 Å². The molecular weight excluding hydrogens is 673 g/mol. The van der Waals surface area contributed by atoms with Gasteiger partial charge in [-0.3, -0.25) is 14.4 Å². The molecule has 0 aromatic heterocycles. The lowest BCUT2D eigenvalue weighted by molar-refractivity contribution is -0.167. The van der Waals surface area contributed by atoms with E-state index in [-0.39, 0.29) is 31.1 Å². The van der Waals surface area contributed by atoms with E-state index in [1.54, 1.807) is 0 Å². The third-order valence-electron chi connectivity index (χ3n) is 10.9. The Balaban J connectivity index is 4.23. The SMILES string of the molecule is CCCCCCCCCCCCCCCCCC(=O)OCC(COC(=O)CCCCCCCCC)OC(=O)CCCCCCCCCCCCCCCC. The molecule has 0 aliphatic carbocycles. The lowest BCUT2D eigenvalue weighted by atomic mass is 10.0. The van der Waals surface area contributed by atoms with Gasteiger partial charge in [-0.25, -0.2) is 0 Å². The Labute approximate surface area is 336 Å². The summed E-state index contributed by atoms with van der Waals surface area (Å²) >= 11 is 0. The van der Waals surface area contributed by atoms with Crippen molar-refractivity contribution in [3.63, 3.8) is 0 Å². The molecule has 0 fully saturated rings. The van der Waals surface area contributed by atoms with Crippen LogP contribution in [0.2, 0.25) is 0 Å². The number of unbranched alkanes of at least 4 members (excludes halogenated alkanes) is 33. The molecule has 0 aliphatic heterocycles. The minimum Gasteiger partial charge on any atom is -0.462 e. The summed E-state index contributed by atoms with van der Waals surface area (Å²) in [5, 5.41) is 0. The van der Waals surface area contributed by atoms with Gasteiger partial charge in [0.05, 0.1) is 0 Å². The predicted molar refractivity (Wildman–Crippen MR) is 229 cm³/mol. The Kier molecular flexibility index (Phi) is 42.8. The Bertz CT molecular complexity index is 798. The number of rotatable bonds is 44. The fraction of sp³-hybridized carbons (Fsp3) is 0.938. The highest BCUT2D eigenvalue weighted by atomic mass is 16.6. The first-order chi connectivity index (χ1) is 26.5. The van der Waals surface area contributed by atoms with Crippen LogP contribution in [0.5, 0.6) is 0 Å². The molecule has 0 saturated carbocycles. The molecule has 1 atom stereocenters. The zero-order valence-corrected chi connectivity index (χ0v) is 36.5. The first-order valence-electron chi connectivity index (χ1n) is 24.0. The zero-order chi connectivity index (χ0) is 39.4. The van der Waals surface area contributed by atoms with Crippen LogP contribution >= 0.6 is 0 Å². The molecule has 6 heteroatoms. The van der Waals surface area contributed by atoms with Crippen LogP contribution in [0.4, 0.5) is 0 Å². The highest BCUT2D eigenvalue weighted by Crippen LogP contribution is 2.16. The number of hydrogen-bond acceptors (Lipinski definition) is 6. The smallest absolute Gasteiger partial charge is 0.306 e. The summed E-state index contributed by atoms with van der Waals surface area (Å²) in [5.41, 5.74) is 0. The van der Waals surface area contributed by atoms with Crippen molar-refractivity contribution < 1.29 is 28.6 Å². The van der Waals surface area contributed by atoms with Gasteiger partial charge >= 0.3 is 17.9 Å². The molecule has 0 N–H and O–H groups in total. The quantitative estimate of drug-likeness (QED) is 0.0349. The maximum Gasteiger partial charge on any atom is 0.306 e. The van der Waals surface area contributed by atoms with Gasteiger partial charge in [0.15, 0.2) is 6.10 Å². The molecular formula is C48H92O6. The van der Waals surface area contributed by atoms with E-state index < -0.39 is 6.10 Å². The van der Waals surface area contributed by atoms with E-state index in [4.69, 9.17) is 14.2 Å². The number of carbonyl (C=O) groups excluding carboxylic acids is 3. The summed E-state index contributed by atoms with van der Waals surface area (Å²) in [4.78, 5) is 37.7. The van der Waals surface area contributed by atoms with Crippen molar-refractivity contribution in [3.05, 3.63) is 0 Å². The van der Waals surface area contributed by atoms with Crippen molar-refractivity contribution in [2.75, 3.05) is 13.2 Å². The van der Waals surface area contributed by atoms with Crippen molar-refractivity contribution in [1.82, 2.24) is 0 Å². The average molecular weight is 765 g/mol. The number of carbonyl (C=O) groups is 3. The highest BCUT2D eigenvalue weighted by molar-refractivity contribution is 5.71. The fourth-order valence-electron chi connectivity index (χ4n) is 7.21. The van der Waals surface area contributed by atoms with Gasteiger partial charge in [-0.05, 0) is 19.3 Å². The number of hydrogen-bond donors (Lipinski definition) is 0. The van der Waals surface area contributed by atoms with Crippen LogP contribution in [0, 0.1) is 0 Å². The van der Waals surface area contributed by atoms with Crippen molar-refractivity contribution in [3.8, 4) is 0 Å². The second kappa shape index (κ2) is 44.1. The van der Waals surface area contributed by atoms with Crippen LogP contribution in [-0.2, 0) is 28.6 Å². The van der Waals surface area contributed by atoms with Crippen molar-refractivity contribution in [2.45, 2.75) is 277 Å². The largest absolute Gasteiger partial charge is 0.462 e. The van der Waals surface area contributed by atoms with Crippen molar-refractivity contribution in [2.24, 2.45) is 0 Å². The molecule has 54 heavy (non-hydrogen) atoms. The second-order valence-electron chi connectivity index (χ2n) is 16.4. The van der Waals surface area contributed by atoms with Crippen molar-refractivity contribution in [1.29, 1.82) is 0 Å².